The molecule has 10 nitrogen and oxygen atoms in total. The van der Waals surface area contributed by atoms with Gasteiger partial charge in [0.1, 0.15) is 17.8 Å². The molecule has 1 aliphatic heterocycles. The Morgan fingerprint density at radius 1 is 1.00 bits per heavy atom. The van der Waals surface area contributed by atoms with Crippen molar-refractivity contribution in [2.75, 3.05) is 11.4 Å². The summed E-state index contributed by atoms with van der Waals surface area (Å²) < 4.78 is 1.96. The molecule has 4 rings (SSSR count). The van der Waals surface area contributed by atoms with Crippen LogP contribution < -0.4 is 15.5 Å². The number of hydrogen-bond donors (Lipinski definition) is 4. The predicted octanol–water partition coefficient (Wildman–Crippen LogP) is 2.50. The van der Waals surface area contributed by atoms with Crippen LogP contribution in [0.3, 0.4) is 0 Å². The van der Waals surface area contributed by atoms with Gasteiger partial charge in [0.2, 0.25) is 11.9 Å². The van der Waals surface area contributed by atoms with E-state index < -0.39 is 30.0 Å². The Kier molecular flexibility index (Phi) is 6.90. The monoisotopic (exact) mass is 479 g/mol. The van der Waals surface area contributed by atoms with Crippen LogP contribution in [-0.2, 0) is 22.6 Å². The van der Waals surface area contributed by atoms with E-state index in [9.17, 15) is 24.6 Å². The number of anilines is 1. The molecule has 1 aliphatic rings. The Balaban J connectivity index is 1.47. The number of carbonyl (C=O) groups is 3. The van der Waals surface area contributed by atoms with Crippen LogP contribution in [0.5, 0.6) is 5.75 Å². The van der Waals surface area contributed by atoms with Crippen LogP contribution in [0.1, 0.15) is 25.8 Å². The number of aromatic hydroxyl groups is 1. The molecule has 0 aliphatic carbocycles. The molecule has 0 fully saturated rings. The molecular weight excluding hydrogens is 450 g/mol. The number of nitrogens with zero attached hydrogens (tertiary/aromatic N) is 3. The van der Waals surface area contributed by atoms with Crippen LogP contribution in [0.15, 0.2) is 48.5 Å². The Morgan fingerprint density at radius 2 is 1.71 bits per heavy atom. The first-order valence-corrected chi connectivity index (χ1v) is 11.6. The third-order valence-electron chi connectivity index (χ3n) is 5.98. The number of para-hydroxylation sites is 2. The molecule has 184 valence electrons. The van der Waals surface area contributed by atoms with Crippen molar-refractivity contribution in [2.24, 2.45) is 5.92 Å². The highest BCUT2D eigenvalue weighted by molar-refractivity contribution is 5.97. The summed E-state index contributed by atoms with van der Waals surface area (Å²) in [6.45, 7) is 4.87. The molecule has 0 radical (unpaired) electrons. The van der Waals surface area contributed by atoms with E-state index in [2.05, 4.69) is 15.6 Å². The fourth-order valence-corrected chi connectivity index (χ4v) is 4.25. The largest absolute Gasteiger partial charge is 0.508 e. The van der Waals surface area contributed by atoms with Gasteiger partial charge in [0, 0.05) is 19.5 Å². The van der Waals surface area contributed by atoms with Crippen molar-refractivity contribution in [1.29, 1.82) is 0 Å². The molecule has 0 saturated heterocycles. The molecule has 2 heterocycles. The first-order valence-electron chi connectivity index (χ1n) is 11.6. The third kappa shape index (κ3) is 5.37. The quantitative estimate of drug-likeness (QED) is 0.392. The number of nitrogens with one attached hydrogen (secondary N) is 2. The number of hydrogen-bond acceptors (Lipinski definition) is 5. The van der Waals surface area contributed by atoms with Crippen molar-refractivity contribution < 1.29 is 24.6 Å². The summed E-state index contributed by atoms with van der Waals surface area (Å²) in [4.78, 5) is 44.2. The smallest absolute Gasteiger partial charge is 0.326 e. The first-order chi connectivity index (χ1) is 16.7. The van der Waals surface area contributed by atoms with Crippen LogP contribution in [0.4, 0.5) is 10.7 Å². The normalized spacial score (nSPS) is 14.5. The zero-order chi connectivity index (χ0) is 25.1. The van der Waals surface area contributed by atoms with Gasteiger partial charge in [-0.1, -0.05) is 38.1 Å². The van der Waals surface area contributed by atoms with Crippen LogP contribution in [0, 0.1) is 5.92 Å². The molecule has 2 aromatic carbocycles. The summed E-state index contributed by atoms with van der Waals surface area (Å²) in [5.74, 6) is -1.09. The SMILES string of the molecule is CC(C)C[C@H](NC(=O)N1CCn2c1nc1ccccc12)C(=O)N[C@@H](Cc1ccc(O)cc1)C(=O)O. The number of amides is 3. The van der Waals surface area contributed by atoms with E-state index in [1.807, 2.05) is 42.7 Å². The van der Waals surface area contributed by atoms with Crippen LogP contribution in [-0.4, -0.2) is 56.3 Å². The summed E-state index contributed by atoms with van der Waals surface area (Å²) in [6.07, 6.45) is 0.382. The number of carboxylic acids is 1. The maximum atomic E-state index is 13.2. The summed E-state index contributed by atoms with van der Waals surface area (Å²) in [7, 11) is 0. The van der Waals surface area contributed by atoms with Crippen LogP contribution in [0.25, 0.3) is 11.0 Å². The van der Waals surface area contributed by atoms with E-state index in [1.165, 1.54) is 17.0 Å². The summed E-state index contributed by atoms with van der Waals surface area (Å²) >= 11 is 0. The molecule has 0 unspecified atom stereocenters. The van der Waals surface area contributed by atoms with Gasteiger partial charge in [0.15, 0.2) is 0 Å². The molecule has 3 amide bonds. The number of carbonyl (C=O) groups excluding carboxylic acids is 2. The number of fused-ring (bicyclic) bond motifs is 3. The number of benzene rings is 2. The zero-order valence-electron chi connectivity index (χ0n) is 19.6. The number of aromatic nitrogens is 2. The molecule has 1 aromatic heterocycles. The minimum Gasteiger partial charge on any atom is -0.508 e. The number of phenols is 1. The van der Waals surface area contributed by atoms with E-state index in [4.69, 9.17) is 0 Å². The van der Waals surface area contributed by atoms with Crippen molar-refractivity contribution in [3.63, 3.8) is 0 Å². The zero-order valence-corrected chi connectivity index (χ0v) is 19.6. The highest BCUT2D eigenvalue weighted by Gasteiger charge is 2.32. The highest BCUT2D eigenvalue weighted by Crippen LogP contribution is 2.27. The van der Waals surface area contributed by atoms with Crippen molar-refractivity contribution >= 4 is 34.9 Å². The van der Waals surface area contributed by atoms with Crippen molar-refractivity contribution in [3.8, 4) is 5.75 Å². The molecule has 2 atom stereocenters. The average molecular weight is 480 g/mol. The van der Waals surface area contributed by atoms with Gasteiger partial charge < -0.3 is 25.4 Å². The predicted molar refractivity (Wildman–Crippen MR) is 130 cm³/mol. The second-order valence-corrected chi connectivity index (χ2v) is 9.11. The number of carboxylic acid groups (broad SMARTS) is 1. The Bertz CT molecular complexity index is 1240. The lowest BCUT2D eigenvalue weighted by atomic mass is 10.0. The van der Waals surface area contributed by atoms with Gasteiger partial charge in [-0.2, -0.15) is 0 Å². The van der Waals surface area contributed by atoms with Crippen molar-refractivity contribution in [1.82, 2.24) is 20.2 Å². The summed E-state index contributed by atoms with van der Waals surface area (Å²) in [5.41, 5.74) is 2.37. The van der Waals surface area contributed by atoms with Gasteiger partial charge in [-0.25, -0.2) is 14.6 Å². The molecule has 0 spiro atoms. The van der Waals surface area contributed by atoms with Crippen LogP contribution >= 0.6 is 0 Å². The van der Waals surface area contributed by atoms with Gasteiger partial charge >= 0.3 is 12.0 Å². The van der Waals surface area contributed by atoms with E-state index in [0.29, 0.717) is 31.0 Å². The van der Waals surface area contributed by atoms with E-state index >= 15 is 0 Å². The van der Waals surface area contributed by atoms with Gasteiger partial charge in [-0.05, 0) is 42.2 Å². The molecular formula is C25H29N5O5. The molecule has 4 N–H and O–H groups in total. The third-order valence-corrected chi connectivity index (χ3v) is 5.98. The topological polar surface area (TPSA) is 137 Å². The second kappa shape index (κ2) is 10.0. The standard InChI is InChI=1S/C25H29N5O5/c1-15(2)13-19(22(32)26-20(23(33)34)14-16-7-9-17(31)10-8-16)28-25(35)30-12-11-29-21-6-4-3-5-18(21)27-24(29)30/h3-10,15,19-20,31H,11-14H2,1-2H3,(H,26,32)(H,28,35)(H,33,34)/t19-,20-/m0/s1. The highest BCUT2D eigenvalue weighted by atomic mass is 16.4. The Hall–Kier alpha value is -4.08. The minimum atomic E-state index is -1.19. The van der Waals surface area contributed by atoms with Gasteiger partial charge in [-0.3, -0.25) is 9.69 Å². The van der Waals surface area contributed by atoms with E-state index in [1.54, 1.807) is 12.1 Å². The van der Waals surface area contributed by atoms with Crippen molar-refractivity contribution in [2.45, 2.75) is 45.3 Å². The van der Waals surface area contributed by atoms with Gasteiger partial charge in [-0.15, -0.1) is 0 Å². The lowest BCUT2D eigenvalue weighted by Gasteiger charge is -2.25. The number of urea groups is 1. The number of phenolic OH excluding ortho intramolecular Hbond substituents is 1. The van der Waals surface area contributed by atoms with Gasteiger partial charge in [0.05, 0.1) is 11.0 Å². The summed E-state index contributed by atoms with van der Waals surface area (Å²) in [5, 5.41) is 24.5. The number of aliphatic carboxylic acids is 1. The molecule has 0 bridgehead atoms. The molecule has 3 aromatic rings. The molecule has 35 heavy (non-hydrogen) atoms. The fourth-order valence-electron chi connectivity index (χ4n) is 4.25. The van der Waals surface area contributed by atoms with E-state index in [-0.39, 0.29) is 18.1 Å². The Labute approximate surface area is 202 Å². The van der Waals surface area contributed by atoms with Crippen molar-refractivity contribution in [3.05, 3.63) is 54.1 Å². The lowest BCUT2D eigenvalue weighted by Crippen LogP contribution is -2.55. The van der Waals surface area contributed by atoms with E-state index in [0.717, 1.165) is 11.0 Å². The second-order valence-electron chi connectivity index (χ2n) is 9.11. The number of imidazole rings is 1. The fraction of sp³-hybridized carbons (Fsp3) is 0.360. The molecule has 10 heteroatoms. The number of rotatable bonds is 8. The van der Waals surface area contributed by atoms with Crippen LogP contribution in [0.2, 0.25) is 0 Å². The average Bonchev–Trinajstić information content (AvgIpc) is 3.38. The van der Waals surface area contributed by atoms with Gasteiger partial charge in [0.25, 0.3) is 0 Å². The minimum absolute atomic E-state index is 0.0415. The first kappa shape index (κ1) is 24.1. The maximum Gasteiger partial charge on any atom is 0.326 e. The maximum absolute atomic E-state index is 13.2. The molecule has 0 saturated carbocycles. The lowest BCUT2D eigenvalue weighted by molar-refractivity contribution is -0.142. The Morgan fingerprint density at radius 3 is 2.40 bits per heavy atom. The summed E-state index contributed by atoms with van der Waals surface area (Å²) in [6, 6.07) is 11.2.